The number of ketones is 1. The molecule has 1 saturated carbocycles. The fourth-order valence-corrected chi connectivity index (χ4v) is 2.39. The van der Waals surface area contributed by atoms with Crippen LogP contribution in [0.5, 0.6) is 0 Å². The molecule has 0 N–H and O–H groups in total. The summed E-state index contributed by atoms with van der Waals surface area (Å²) in [5.41, 5.74) is -0.359. The van der Waals surface area contributed by atoms with Crippen molar-refractivity contribution in [2.45, 2.75) is 39.8 Å². The Morgan fingerprint density at radius 2 is 2.00 bits per heavy atom. The molecule has 0 saturated heterocycles. The third-order valence-corrected chi connectivity index (χ3v) is 3.48. The van der Waals surface area contributed by atoms with E-state index in [1.165, 1.54) is 4.90 Å². The average molecular weight is 251 g/mol. The van der Waals surface area contributed by atoms with E-state index in [2.05, 4.69) is 0 Å². The van der Waals surface area contributed by atoms with Crippen LogP contribution in [0.1, 0.15) is 33.6 Å². The van der Waals surface area contributed by atoms with Crippen molar-refractivity contribution in [1.82, 2.24) is 4.90 Å². The first-order valence-electron chi connectivity index (χ1n) is 5.99. The van der Waals surface area contributed by atoms with Crippen LogP contribution in [-0.2, 0) is 4.79 Å². The monoisotopic (exact) mass is 251 g/mol. The Morgan fingerprint density at radius 3 is 2.35 bits per heavy atom. The molecule has 100 valence electrons. The fourth-order valence-electron chi connectivity index (χ4n) is 2.39. The molecule has 0 heterocycles. The average Bonchev–Trinajstić information content (AvgIpc) is 2.42. The minimum Gasteiger partial charge on any atom is -0.299 e. The number of hydrogen-bond acceptors (Lipinski definition) is 2. The SMILES string of the molecule is CCN(CC1CCC(C)(C)C1=O)CC(F)(F)F. The van der Waals surface area contributed by atoms with Gasteiger partial charge in [0.05, 0.1) is 6.54 Å². The largest absolute Gasteiger partial charge is 0.401 e. The molecule has 1 unspecified atom stereocenters. The fraction of sp³-hybridized carbons (Fsp3) is 0.917. The van der Waals surface area contributed by atoms with Gasteiger partial charge in [-0.1, -0.05) is 20.8 Å². The van der Waals surface area contributed by atoms with Gasteiger partial charge >= 0.3 is 6.18 Å². The molecular weight excluding hydrogens is 231 g/mol. The number of hydrogen-bond donors (Lipinski definition) is 0. The van der Waals surface area contributed by atoms with E-state index < -0.39 is 12.7 Å². The number of carbonyl (C=O) groups is 1. The lowest BCUT2D eigenvalue weighted by atomic mass is 9.89. The number of carbonyl (C=O) groups excluding carboxylic acids is 1. The first-order chi connectivity index (χ1) is 7.65. The predicted octanol–water partition coefficient (Wildman–Crippen LogP) is 2.88. The maximum atomic E-state index is 12.3. The summed E-state index contributed by atoms with van der Waals surface area (Å²) in [6.07, 6.45) is -2.70. The second kappa shape index (κ2) is 4.96. The summed E-state index contributed by atoms with van der Waals surface area (Å²) < 4.78 is 36.9. The second-order valence-corrected chi connectivity index (χ2v) is 5.43. The van der Waals surface area contributed by atoms with Crippen LogP contribution in [0.3, 0.4) is 0 Å². The molecule has 1 fully saturated rings. The molecule has 1 rings (SSSR count). The molecule has 0 aromatic heterocycles. The molecule has 0 spiro atoms. The Labute approximate surface area is 100 Å². The first-order valence-corrected chi connectivity index (χ1v) is 5.99. The van der Waals surface area contributed by atoms with Gasteiger partial charge in [0.1, 0.15) is 5.78 Å². The lowest BCUT2D eigenvalue weighted by molar-refractivity contribution is -0.148. The van der Waals surface area contributed by atoms with E-state index in [0.717, 1.165) is 6.42 Å². The molecule has 0 aromatic rings. The van der Waals surface area contributed by atoms with E-state index in [9.17, 15) is 18.0 Å². The second-order valence-electron chi connectivity index (χ2n) is 5.43. The minimum absolute atomic E-state index is 0.109. The zero-order valence-electron chi connectivity index (χ0n) is 10.6. The topological polar surface area (TPSA) is 20.3 Å². The van der Waals surface area contributed by atoms with Crippen molar-refractivity contribution in [2.75, 3.05) is 19.6 Å². The Balaban J connectivity index is 2.56. The molecule has 0 amide bonds. The van der Waals surface area contributed by atoms with Gasteiger partial charge in [0.2, 0.25) is 0 Å². The van der Waals surface area contributed by atoms with E-state index in [4.69, 9.17) is 0 Å². The molecular formula is C12H20F3NO. The Bertz CT molecular complexity index is 286. The van der Waals surface area contributed by atoms with E-state index in [1.54, 1.807) is 6.92 Å². The lowest BCUT2D eigenvalue weighted by Crippen LogP contribution is -2.39. The van der Waals surface area contributed by atoms with Gasteiger partial charge in [-0.15, -0.1) is 0 Å². The van der Waals surface area contributed by atoms with E-state index in [0.29, 0.717) is 13.0 Å². The van der Waals surface area contributed by atoms with Gasteiger partial charge in [-0.25, -0.2) is 0 Å². The quantitative estimate of drug-likeness (QED) is 0.765. The maximum Gasteiger partial charge on any atom is 0.401 e. The van der Waals surface area contributed by atoms with E-state index >= 15 is 0 Å². The van der Waals surface area contributed by atoms with Crippen LogP contribution in [0.2, 0.25) is 0 Å². The highest BCUT2D eigenvalue weighted by Gasteiger charge is 2.41. The molecule has 5 heteroatoms. The number of alkyl halides is 3. The number of nitrogens with zero attached hydrogens (tertiary/aromatic N) is 1. The smallest absolute Gasteiger partial charge is 0.299 e. The zero-order valence-corrected chi connectivity index (χ0v) is 10.6. The molecule has 0 aromatic carbocycles. The summed E-state index contributed by atoms with van der Waals surface area (Å²) in [5.74, 6) is -0.120. The summed E-state index contributed by atoms with van der Waals surface area (Å²) >= 11 is 0. The Morgan fingerprint density at radius 1 is 1.41 bits per heavy atom. The zero-order chi connectivity index (χ0) is 13.3. The van der Waals surface area contributed by atoms with Crippen molar-refractivity contribution in [2.24, 2.45) is 11.3 Å². The van der Waals surface area contributed by atoms with Gasteiger partial charge in [0, 0.05) is 17.9 Å². The van der Waals surface area contributed by atoms with Crippen LogP contribution in [0.25, 0.3) is 0 Å². The van der Waals surface area contributed by atoms with Crippen molar-refractivity contribution < 1.29 is 18.0 Å². The van der Waals surface area contributed by atoms with Crippen molar-refractivity contribution in [3.8, 4) is 0 Å². The summed E-state index contributed by atoms with van der Waals surface area (Å²) in [4.78, 5) is 13.2. The Hall–Kier alpha value is -0.580. The van der Waals surface area contributed by atoms with Crippen molar-refractivity contribution in [3.63, 3.8) is 0 Å². The first kappa shape index (κ1) is 14.5. The standard InChI is InChI=1S/C12H20F3NO/c1-4-16(8-12(13,14)15)7-9-5-6-11(2,3)10(9)17/h9H,4-8H2,1-3H3. The van der Waals surface area contributed by atoms with Gasteiger partial charge in [-0.05, 0) is 19.4 Å². The number of Topliss-reactive ketones (excluding diaryl/α,β-unsaturated/α-hetero) is 1. The Kier molecular flexibility index (Phi) is 4.23. The predicted molar refractivity (Wildman–Crippen MR) is 59.7 cm³/mol. The van der Waals surface area contributed by atoms with Crippen molar-refractivity contribution in [3.05, 3.63) is 0 Å². The van der Waals surface area contributed by atoms with Gasteiger partial charge in [0.25, 0.3) is 0 Å². The summed E-state index contributed by atoms with van der Waals surface area (Å²) in [6.45, 7) is 5.07. The van der Waals surface area contributed by atoms with Crippen molar-refractivity contribution in [1.29, 1.82) is 0 Å². The molecule has 0 aliphatic heterocycles. The summed E-state index contributed by atoms with van der Waals surface area (Å²) in [6, 6.07) is 0. The van der Waals surface area contributed by atoms with E-state index in [1.807, 2.05) is 13.8 Å². The summed E-state index contributed by atoms with van der Waals surface area (Å²) in [5, 5.41) is 0. The van der Waals surface area contributed by atoms with Crippen LogP contribution in [0, 0.1) is 11.3 Å². The molecule has 2 nitrogen and oxygen atoms in total. The van der Waals surface area contributed by atoms with Gasteiger partial charge in [0.15, 0.2) is 0 Å². The normalized spacial score (nSPS) is 24.6. The third kappa shape index (κ3) is 3.98. The van der Waals surface area contributed by atoms with Gasteiger partial charge < -0.3 is 0 Å². The van der Waals surface area contributed by atoms with Crippen LogP contribution in [0.4, 0.5) is 13.2 Å². The highest BCUT2D eigenvalue weighted by Crippen LogP contribution is 2.38. The molecule has 1 atom stereocenters. The lowest BCUT2D eigenvalue weighted by Gasteiger charge is -2.25. The summed E-state index contributed by atoms with van der Waals surface area (Å²) in [7, 11) is 0. The van der Waals surface area contributed by atoms with E-state index in [-0.39, 0.29) is 23.7 Å². The van der Waals surface area contributed by atoms with Gasteiger partial charge in [-0.3, -0.25) is 9.69 Å². The molecule has 1 aliphatic carbocycles. The van der Waals surface area contributed by atoms with Gasteiger partial charge in [-0.2, -0.15) is 13.2 Å². The highest BCUT2D eigenvalue weighted by molar-refractivity contribution is 5.88. The van der Waals surface area contributed by atoms with Crippen molar-refractivity contribution >= 4 is 5.78 Å². The number of halogens is 3. The molecule has 1 aliphatic rings. The number of rotatable bonds is 4. The van der Waals surface area contributed by atoms with Crippen LogP contribution in [0.15, 0.2) is 0 Å². The molecule has 17 heavy (non-hydrogen) atoms. The highest BCUT2D eigenvalue weighted by atomic mass is 19.4. The third-order valence-electron chi connectivity index (χ3n) is 3.48. The maximum absolute atomic E-state index is 12.3. The van der Waals surface area contributed by atoms with Crippen LogP contribution >= 0.6 is 0 Å². The van der Waals surface area contributed by atoms with Crippen LogP contribution < -0.4 is 0 Å². The minimum atomic E-state index is -4.19. The molecule has 0 bridgehead atoms. The van der Waals surface area contributed by atoms with Crippen LogP contribution in [-0.4, -0.2) is 36.5 Å². The molecule has 0 radical (unpaired) electrons.